The summed E-state index contributed by atoms with van der Waals surface area (Å²) in [7, 11) is -3.75. The lowest BCUT2D eigenvalue weighted by molar-refractivity contribution is -0.122. The second-order valence-corrected chi connectivity index (χ2v) is 13.3. The van der Waals surface area contributed by atoms with E-state index in [-0.39, 0.29) is 36.9 Å². The van der Waals surface area contributed by atoms with Crippen molar-refractivity contribution in [2.45, 2.75) is 63.7 Å². The first-order chi connectivity index (χ1) is 20.4. The summed E-state index contributed by atoms with van der Waals surface area (Å²) in [5, 5.41) is 0.788. The van der Waals surface area contributed by atoms with Crippen molar-refractivity contribution in [3.8, 4) is 22.7 Å². The smallest absolute Gasteiger partial charge is 0.426 e. The third-order valence-corrected chi connectivity index (χ3v) is 8.09. The van der Waals surface area contributed by atoms with Gasteiger partial charge in [0.25, 0.3) is 0 Å². The van der Waals surface area contributed by atoms with Crippen molar-refractivity contribution in [2.24, 2.45) is 0 Å². The number of imidazole rings is 1. The number of hydrazine groups is 1. The fourth-order valence-corrected chi connectivity index (χ4v) is 5.98. The molecule has 2 amide bonds. The van der Waals surface area contributed by atoms with Crippen LogP contribution in [0.25, 0.3) is 33.7 Å². The molecule has 0 spiro atoms. The zero-order chi connectivity index (χ0) is 30.8. The lowest BCUT2D eigenvalue weighted by atomic mass is 9.98. The summed E-state index contributed by atoms with van der Waals surface area (Å²) >= 11 is 0. The van der Waals surface area contributed by atoms with Crippen molar-refractivity contribution in [3.63, 3.8) is 0 Å². The molecule has 4 N–H and O–H groups in total. The molecule has 0 bridgehead atoms. The molecule has 1 aliphatic rings. The number of nitrogens with zero attached hydrogens (tertiary/aromatic N) is 1. The lowest BCUT2D eigenvalue weighted by Crippen LogP contribution is -2.44. The number of H-pyrrole nitrogens is 1. The third kappa shape index (κ3) is 7.79. The van der Waals surface area contributed by atoms with Crippen molar-refractivity contribution in [3.05, 3.63) is 65.7 Å². The summed E-state index contributed by atoms with van der Waals surface area (Å²) in [6.45, 7) is 5.14. The van der Waals surface area contributed by atoms with Crippen molar-refractivity contribution in [2.75, 3.05) is 6.54 Å². The molecule has 2 aromatic carbocycles. The van der Waals surface area contributed by atoms with Gasteiger partial charge in [-0.2, -0.15) is 0 Å². The highest BCUT2D eigenvalue weighted by Gasteiger charge is 2.30. The molecule has 11 nitrogen and oxygen atoms in total. The molecule has 0 atom stereocenters. The molecular formula is C30H34FN5O6S. The zero-order valence-corrected chi connectivity index (χ0v) is 24.9. The maximum absolute atomic E-state index is 13.7. The molecular weight excluding hydrogens is 577 g/mol. The maximum atomic E-state index is 13.7. The molecule has 2 aromatic heterocycles. The standard InChI is InChI=1S/C30H34FN5O6S/c1-30(2,3)42-29(38)36-35-25(37)5-4-12-34-43(39,40)17-20-15-24-23(16-22(20)18-6-7-18)26(28-32-13-14-33-28)27(41-24)19-8-10-21(31)11-9-19/h8-11,13-16,18,34H,4-7,12,17H2,1-3H3,(H,32,33)(H,35,37)(H,36,38). The number of fused-ring (bicyclic) bond motifs is 1. The van der Waals surface area contributed by atoms with Gasteiger partial charge >= 0.3 is 6.09 Å². The number of carbonyl (C=O) groups is 2. The molecule has 2 heterocycles. The number of halogens is 1. The molecule has 228 valence electrons. The Morgan fingerprint density at radius 2 is 1.88 bits per heavy atom. The predicted octanol–water partition coefficient (Wildman–Crippen LogP) is 5.26. The molecule has 13 heteroatoms. The summed E-state index contributed by atoms with van der Waals surface area (Å²) < 4.78 is 53.7. The Balaban J connectivity index is 1.29. The number of aromatic amines is 1. The molecule has 1 fully saturated rings. The summed E-state index contributed by atoms with van der Waals surface area (Å²) in [5.41, 5.74) is 7.15. The molecule has 1 saturated carbocycles. The average Bonchev–Trinajstić information content (AvgIpc) is 3.50. The van der Waals surface area contributed by atoms with Crippen molar-refractivity contribution in [1.82, 2.24) is 25.5 Å². The lowest BCUT2D eigenvalue weighted by Gasteiger charge is -2.19. The Hall–Kier alpha value is -4.23. The molecule has 43 heavy (non-hydrogen) atoms. The normalized spacial score (nSPS) is 13.7. The summed E-state index contributed by atoms with van der Waals surface area (Å²) in [5.74, 6) is 0.229. The minimum absolute atomic E-state index is 0.00822. The van der Waals surface area contributed by atoms with Crippen LogP contribution >= 0.6 is 0 Å². The quantitative estimate of drug-likeness (QED) is 0.141. The second kappa shape index (κ2) is 12.2. The molecule has 0 radical (unpaired) electrons. The monoisotopic (exact) mass is 611 g/mol. The van der Waals surface area contributed by atoms with E-state index in [1.54, 1.807) is 51.4 Å². The van der Waals surface area contributed by atoms with E-state index in [0.717, 1.165) is 29.4 Å². The highest BCUT2D eigenvalue weighted by atomic mass is 32.2. The van der Waals surface area contributed by atoms with Gasteiger partial charge in [-0.1, -0.05) is 0 Å². The van der Waals surface area contributed by atoms with Gasteiger partial charge in [0.2, 0.25) is 15.9 Å². The SMILES string of the molecule is CC(C)(C)OC(=O)NNC(=O)CCCNS(=O)(=O)Cc1cc2oc(-c3ccc(F)cc3)c(-c3ncc[nH]3)c2cc1C1CC1. The van der Waals surface area contributed by atoms with Crippen LogP contribution in [0.3, 0.4) is 0 Å². The summed E-state index contributed by atoms with van der Waals surface area (Å²) in [4.78, 5) is 31.2. The van der Waals surface area contributed by atoms with Crippen molar-refractivity contribution >= 4 is 33.0 Å². The fraction of sp³-hybridized carbons (Fsp3) is 0.367. The highest BCUT2D eigenvalue weighted by Crippen LogP contribution is 2.46. The van der Waals surface area contributed by atoms with Gasteiger partial charge in [0.05, 0.1) is 11.3 Å². The van der Waals surface area contributed by atoms with Crippen LogP contribution in [0.4, 0.5) is 9.18 Å². The first-order valence-corrected chi connectivity index (χ1v) is 15.6. The van der Waals surface area contributed by atoms with Crippen LogP contribution < -0.4 is 15.6 Å². The number of benzene rings is 2. The number of sulfonamides is 1. The number of carbonyl (C=O) groups excluding carboxylic acids is 2. The molecule has 0 saturated heterocycles. The number of hydrogen-bond donors (Lipinski definition) is 4. The first-order valence-electron chi connectivity index (χ1n) is 14.0. The largest absolute Gasteiger partial charge is 0.455 e. The highest BCUT2D eigenvalue weighted by molar-refractivity contribution is 7.88. The summed E-state index contributed by atoms with van der Waals surface area (Å²) in [6.07, 6.45) is 4.68. The van der Waals surface area contributed by atoms with E-state index in [1.165, 1.54) is 12.1 Å². The van der Waals surface area contributed by atoms with E-state index in [1.807, 2.05) is 6.07 Å². The van der Waals surface area contributed by atoms with Crippen LogP contribution in [-0.2, 0) is 25.3 Å². The molecule has 4 aromatic rings. The van der Waals surface area contributed by atoms with E-state index in [4.69, 9.17) is 9.15 Å². The van der Waals surface area contributed by atoms with E-state index in [0.29, 0.717) is 28.3 Å². The van der Waals surface area contributed by atoms with Crippen LogP contribution in [0, 0.1) is 5.82 Å². The summed E-state index contributed by atoms with van der Waals surface area (Å²) in [6, 6.07) is 9.71. The number of amides is 2. The Bertz CT molecular complexity index is 1720. The van der Waals surface area contributed by atoms with E-state index in [9.17, 15) is 22.4 Å². The molecule has 0 aliphatic heterocycles. The Morgan fingerprint density at radius 1 is 1.14 bits per heavy atom. The number of hydrogen-bond acceptors (Lipinski definition) is 7. The Labute approximate surface area is 248 Å². The van der Waals surface area contributed by atoms with Crippen LogP contribution in [-0.4, -0.2) is 42.5 Å². The van der Waals surface area contributed by atoms with Crippen LogP contribution in [0.2, 0.25) is 0 Å². The number of nitrogens with one attached hydrogen (secondary N) is 4. The topological polar surface area (TPSA) is 155 Å². The predicted molar refractivity (Wildman–Crippen MR) is 159 cm³/mol. The van der Waals surface area contributed by atoms with Gasteiger partial charge in [0.15, 0.2) is 0 Å². The van der Waals surface area contributed by atoms with Gasteiger partial charge in [-0.25, -0.2) is 32.7 Å². The average molecular weight is 612 g/mol. The van der Waals surface area contributed by atoms with E-state index >= 15 is 0 Å². The first kappa shape index (κ1) is 30.2. The van der Waals surface area contributed by atoms with E-state index < -0.39 is 27.6 Å². The fourth-order valence-electron chi connectivity index (χ4n) is 4.76. The third-order valence-electron chi connectivity index (χ3n) is 6.76. The molecule has 0 unspecified atom stereocenters. The van der Waals surface area contributed by atoms with Crippen LogP contribution in [0.15, 0.2) is 53.2 Å². The number of aromatic nitrogens is 2. The van der Waals surface area contributed by atoms with Crippen LogP contribution in [0.5, 0.6) is 0 Å². The van der Waals surface area contributed by atoms with Gasteiger partial charge in [-0.15, -0.1) is 0 Å². The van der Waals surface area contributed by atoms with Gasteiger partial charge in [0.1, 0.15) is 28.6 Å². The number of furan rings is 1. The van der Waals surface area contributed by atoms with Crippen molar-refractivity contribution < 1.29 is 31.6 Å². The number of ether oxygens (including phenoxy) is 1. The maximum Gasteiger partial charge on any atom is 0.426 e. The minimum atomic E-state index is -3.75. The Morgan fingerprint density at radius 3 is 2.53 bits per heavy atom. The van der Waals surface area contributed by atoms with E-state index in [2.05, 4.69) is 25.5 Å². The zero-order valence-electron chi connectivity index (χ0n) is 24.1. The van der Waals surface area contributed by atoms with Gasteiger partial charge in [-0.3, -0.25) is 10.2 Å². The van der Waals surface area contributed by atoms with Gasteiger partial charge < -0.3 is 14.1 Å². The van der Waals surface area contributed by atoms with Gasteiger partial charge in [-0.05, 0) is 93.5 Å². The molecule has 1 aliphatic carbocycles. The van der Waals surface area contributed by atoms with Gasteiger partial charge in [0, 0.05) is 36.3 Å². The van der Waals surface area contributed by atoms with Crippen LogP contribution in [0.1, 0.15) is 63.5 Å². The number of rotatable bonds is 10. The van der Waals surface area contributed by atoms with Crippen molar-refractivity contribution in [1.29, 1.82) is 0 Å². The second-order valence-electron chi connectivity index (χ2n) is 11.5. The Kier molecular flexibility index (Phi) is 8.56. The molecule has 5 rings (SSSR count). The minimum Gasteiger partial charge on any atom is -0.455 e.